The number of nitrogens with zero attached hydrogens (tertiary/aromatic N) is 2. The fraction of sp³-hybridized carbons (Fsp3) is 0.263. The number of hydrazine groups is 1. The van der Waals surface area contributed by atoms with E-state index in [1.807, 2.05) is 12.1 Å². The highest BCUT2D eigenvalue weighted by Gasteiger charge is 2.20. The van der Waals surface area contributed by atoms with E-state index in [1.165, 1.54) is 11.6 Å². The minimum Gasteiger partial charge on any atom is -0.329 e. The summed E-state index contributed by atoms with van der Waals surface area (Å²) in [6, 6.07) is 17.1. The molecule has 0 aromatic heterocycles. The van der Waals surface area contributed by atoms with Gasteiger partial charge in [-0.15, -0.1) is 0 Å². The summed E-state index contributed by atoms with van der Waals surface area (Å²) in [5.41, 5.74) is 6.16. The van der Waals surface area contributed by atoms with Crippen LogP contribution in [0.2, 0.25) is 0 Å². The van der Waals surface area contributed by atoms with Gasteiger partial charge in [-0.1, -0.05) is 49.0 Å². The number of benzene rings is 2. The summed E-state index contributed by atoms with van der Waals surface area (Å²) in [5, 5.41) is 13.0. The SMILES string of the molecule is C=C(NN1CC[NH+](Cc2ccccc2)CC1)c1cccc([N+](=O)[O-])c1. The number of rotatable bonds is 6. The molecule has 0 atom stereocenters. The van der Waals surface area contributed by atoms with Gasteiger partial charge in [0.05, 0.1) is 31.1 Å². The van der Waals surface area contributed by atoms with Gasteiger partial charge in [0.2, 0.25) is 0 Å². The second-order valence-corrected chi connectivity index (χ2v) is 6.30. The van der Waals surface area contributed by atoms with E-state index in [-0.39, 0.29) is 10.6 Å². The molecule has 2 aromatic rings. The van der Waals surface area contributed by atoms with Crippen LogP contribution in [-0.2, 0) is 6.54 Å². The van der Waals surface area contributed by atoms with Crippen molar-refractivity contribution in [1.82, 2.24) is 10.4 Å². The quantitative estimate of drug-likeness (QED) is 0.618. The van der Waals surface area contributed by atoms with Gasteiger partial charge in [0.1, 0.15) is 6.54 Å². The first kappa shape index (κ1) is 17.1. The summed E-state index contributed by atoms with van der Waals surface area (Å²) >= 11 is 0. The van der Waals surface area contributed by atoms with Crippen molar-refractivity contribution in [2.75, 3.05) is 26.2 Å². The van der Waals surface area contributed by atoms with E-state index in [0.29, 0.717) is 5.70 Å². The molecule has 1 aliphatic rings. The normalized spacial score (nSPS) is 15.7. The maximum Gasteiger partial charge on any atom is 0.270 e. The van der Waals surface area contributed by atoms with Gasteiger partial charge in [-0.25, -0.2) is 5.01 Å². The third kappa shape index (κ3) is 4.65. The van der Waals surface area contributed by atoms with E-state index in [2.05, 4.69) is 41.3 Å². The molecule has 1 aliphatic heterocycles. The molecule has 0 unspecified atom stereocenters. The van der Waals surface area contributed by atoms with Gasteiger partial charge in [-0.3, -0.25) is 10.1 Å². The summed E-state index contributed by atoms with van der Waals surface area (Å²) in [7, 11) is 0. The molecule has 0 spiro atoms. The molecule has 3 rings (SSSR count). The largest absolute Gasteiger partial charge is 0.329 e. The van der Waals surface area contributed by atoms with Crippen molar-refractivity contribution in [2.24, 2.45) is 0 Å². The number of nitro benzene ring substituents is 1. The van der Waals surface area contributed by atoms with E-state index in [0.717, 1.165) is 38.3 Å². The monoisotopic (exact) mass is 339 g/mol. The highest BCUT2D eigenvalue weighted by Crippen LogP contribution is 2.17. The Morgan fingerprint density at radius 1 is 1.16 bits per heavy atom. The highest BCUT2D eigenvalue weighted by molar-refractivity contribution is 5.63. The van der Waals surface area contributed by atoms with Gasteiger partial charge in [-0.05, 0) is 0 Å². The molecule has 0 radical (unpaired) electrons. The third-order valence-electron chi connectivity index (χ3n) is 4.47. The van der Waals surface area contributed by atoms with Crippen molar-refractivity contribution in [1.29, 1.82) is 0 Å². The van der Waals surface area contributed by atoms with Crippen LogP contribution in [0, 0.1) is 10.1 Å². The fourth-order valence-corrected chi connectivity index (χ4v) is 3.06. The average molecular weight is 339 g/mol. The summed E-state index contributed by atoms with van der Waals surface area (Å²) in [4.78, 5) is 12.1. The van der Waals surface area contributed by atoms with Crippen LogP contribution in [-0.4, -0.2) is 36.1 Å². The van der Waals surface area contributed by atoms with Gasteiger partial charge < -0.3 is 10.3 Å². The molecule has 0 aliphatic carbocycles. The topological polar surface area (TPSA) is 62.8 Å². The lowest BCUT2D eigenvalue weighted by molar-refractivity contribution is -0.918. The van der Waals surface area contributed by atoms with Gasteiger partial charge in [-0.2, -0.15) is 0 Å². The molecule has 25 heavy (non-hydrogen) atoms. The Hall–Kier alpha value is -2.70. The Bertz CT molecular complexity index is 740. The number of piperazine rings is 1. The molecule has 1 heterocycles. The minimum atomic E-state index is -0.386. The molecule has 1 saturated heterocycles. The molecule has 0 bridgehead atoms. The maximum atomic E-state index is 10.9. The number of non-ortho nitro benzene ring substituents is 1. The lowest BCUT2D eigenvalue weighted by Gasteiger charge is -2.33. The van der Waals surface area contributed by atoms with Gasteiger partial charge in [0.25, 0.3) is 5.69 Å². The van der Waals surface area contributed by atoms with E-state index in [1.54, 1.807) is 17.0 Å². The van der Waals surface area contributed by atoms with E-state index >= 15 is 0 Å². The third-order valence-corrected chi connectivity index (χ3v) is 4.47. The van der Waals surface area contributed by atoms with Crippen LogP contribution in [0.5, 0.6) is 0 Å². The molecule has 2 aromatic carbocycles. The molecular weight excluding hydrogens is 316 g/mol. The Morgan fingerprint density at radius 2 is 1.88 bits per heavy atom. The number of hydrogen-bond donors (Lipinski definition) is 2. The minimum absolute atomic E-state index is 0.0811. The van der Waals surface area contributed by atoms with Crippen molar-refractivity contribution in [3.8, 4) is 0 Å². The fourth-order valence-electron chi connectivity index (χ4n) is 3.06. The van der Waals surface area contributed by atoms with Gasteiger partial charge in [0.15, 0.2) is 0 Å². The van der Waals surface area contributed by atoms with Gasteiger partial charge >= 0.3 is 0 Å². The zero-order valence-corrected chi connectivity index (χ0v) is 14.1. The van der Waals surface area contributed by atoms with Crippen LogP contribution < -0.4 is 10.3 Å². The second kappa shape index (κ2) is 7.92. The van der Waals surface area contributed by atoms with E-state index in [9.17, 15) is 10.1 Å². The van der Waals surface area contributed by atoms with Crippen LogP contribution in [0.1, 0.15) is 11.1 Å². The smallest absolute Gasteiger partial charge is 0.270 e. The van der Waals surface area contributed by atoms with Crippen LogP contribution in [0.25, 0.3) is 5.70 Å². The van der Waals surface area contributed by atoms with Crippen molar-refractivity contribution in [3.05, 3.63) is 82.4 Å². The standard InChI is InChI=1S/C19H22N4O2/c1-16(18-8-5-9-19(14-18)23(24)25)20-22-12-10-21(11-13-22)15-17-6-3-2-4-7-17/h2-9,14,20H,1,10-13,15H2/p+1. The molecule has 6 nitrogen and oxygen atoms in total. The summed E-state index contributed by atoms with van der Waals surface area (Å²) in [6.45, 7) is 8.98. The lowest BCUT2D eigenvalue weighted by atomic mass is 10.1. The first-order chi connectivity index (χ1) is 12.1. The van der Waals surface area contributed by atoms with E-state index in [4.69, 9.17) is 0 Å². The van der Waals surface area contributed by atoms with E-state index < -0.39 is 0 Å². The van der Waals surface area contributed by atoms with Crippen molar-refractivity contribution < 1.29 is 9.82 Å². The second-order valence-electron chi connectivity index (χ2n) is 6.30. The predicted octanol–water partition coefficient (Wildman–Crippen LogP) is 1.47. The van der Waals surface area contributed by atoms with Crippen LogP contribution >= 0.6 is 0 Å². The first-order valence-corrected chi connectivity index (χ1v) is 8.44. The molecule has 130 valence electrons. The van der Waals surface area contributed by atoms with Crippen LogP contribution in [0.3, 0.4) is 0 Å². The zero-order valence-electron chi connectivity index (χ0n) is 14.1. The Balaban J connectivity index is 1.51. The average Bonchev–Trinajstić information content (AvgIpc) is 2.64. The van der Waals surface area contributed by atoms with Crippen molar-refractivity contribution >= 4 is 11.4 Å². The molecule has 1 fully saturated rings. The molecule has 0 amide bonds. The Kier molecular flexibility index (Phi) is 5.42. The number of quaternary nitrogens is 1. The molecule has 2 N–H and O–H groups in total. The van der Waals surface area contributed by atoms with Crippen LogP contribution in [0.15, 0.2) is 61.2 Å². The zero-order chi connectivity index (χ0) is 17.6. The molecular formula is C19H23N4O2+. The molecule has 6 heteroatoms. The number of nitro groups is 1. The predicted molar refractivity (Wildman–Crippen MR) is 97.7 cm³/mol. The maximum absolute atomic E-state index is 10.9. The molecule has 0 saturated carbocycles. The van der Waals surface area contributed by atoms with Crippen LogP contribution in [0.4, 0.5) is 5.69 Å². The van der Waals surface area contributed by atoms with Crippen molar-refractivity contribution in [2.45, 2.75) is 6.54 Å². The summed E-state index contributed by atoms with van der Waals surface area (Å²) in [6.07, 6.45) is 0. The lowest BCUT2D eigenvalue weighted by Crippen LogP contribution is -3.13. The summed E-state index contributed by atoms with van der Waals surface area (Å²) < 4.78 is 0. The number of hydrogen-bond acceptors (Lipinski definition) is 4. The first-order valence-electron chi connectivity index (χ1n) is 8.44. The Morgan fingerprint density at radius 3 is 2.56 bits per heavy atom. The van der Waals surface area contributed by atoms with Crippen molar-refractivity contribution in [3.63, 3.8) is 0 Å². The summed E-state index contributed by atoms with van der Waals surface area (Å²) in [5.74, 6) is 0. The number of nitrogens with one attached hydrogen (secondary N) is 2. The Labute approximate surface area is 147 Å². The van der Waals surface area contributed by atoms with Gasteiger partial charge in [0, 0.05) is 29.0 Å². The highest BCUT2D eigenvalue weighted by atomic mass is 16.6.